The molecule has 0 aliphatic rings. The summed E-state index contributed by atoms with van der Waals surface area (Å²) in [5, 5.41) is 0. The van der Waals surface area contributed by atoms with E-state index < -0.39 is 11.9 Å². The Morgan fingerprint density at radius 2 is 1.28 bits per heavy atom. The second-order valence-corrected chi connectivity index (χ2v) is 7.70. The van der Waals surface area contributed by atoms with Gasteiger partial charge in [-0.1, -0.05) is 6.08 Å². The Kier molecular flexibility index (Phi) is 10.3. The highest BCUT2D eigenvalue weighted by molar-refractivity contribution is 5.97. The first-order chi connectivity index (χ1) is 17.3. The maximum atomic E-state index is 12.6. The van der Waals surface area contributed by atoms with E-state index in [9.17, 15) is 14.4 Å². The van der Waals surface area contributed by atoms with Crippen LogP contribution in [0.25, 0.3) is 5.57 Å². The van der Waals surface area contributed by atoms with E-state index in [4.69, 9.17) is 28.4 Å². The predicted molar refractivity (Wildman–Crippen MR) is 133 cm³/mol. The van der Waals surface area contributed by atoms with Crippen molar-refractivity contribution in [2.45, 2.75) is 26.2 Å². The van der Waals surface area contributed by atoms with E-state index in [0.717, 1.165) is 0 Å². The van der Waals surface area contributed by atoms with Crippen molar-refractivity contribution in [3.8, 4) is 17.2 Å². The van der Waals surface area contributed by atoms with Crippen LogP contribution in [0.3, 0.4) is 0 Å². The monoisotopic (exact) mass is 500 g/mol. The summed E-state index contributed by atoms with van der Waals surface area (Å²) in [6, 6.07) is 6.90. The smallest absolute Gasteiger partial charge is 0.341 e. The fraction of sp³-hybridized carbons (Fsp3) is 0.370. The van der Waals surface area contributed by atoms with Crippen molar-refractivity contribution in [2.75, 3.05) is 42.7 Å². The molecule has 0 aromatic heterocycles. The van der Waals surface area contributed by atoms with Crippen molar-refractivity contribution in [1.82, 2.24) is 0 Å². The molecule has 0 heterocycles. The molecule has 0 unspecified atom stereocenters. The van der Waals surface area contributed by atoms with Gasteiger partial charge >= 0.3 is 17.9 Å². The number of hydrogen-bond donors (Lipinski definition) is 0. The fourth-order valence-corrected chi connectivity index (χ4v) is 3.84. The van der Waals surface area contributed by atoms with Gasteiger partial charge in [-0.3, -0.25) is 4.79 Å². The molecule has 0 saturated carbocycles. The van der Waals surface area contributed by atoms with Crippen molar-refractivity contribution < 1.29 is 42.8 Å². The molecule has 2 aromatic rings. The van der Waals surface area contributed by atoms with Crippen molar-refractivity contribution in [2.24, 2.45) is 0 Å². The number of carbonyl (C=O) groups excluding carboxylic acids is 3. The summed E-state index contributed by atoms with van der Waals surface area (Å²) in [5.74, 6) is -0.494. The van der Waals surface area contributed by atoms with Gasteiger partial charge in [0.2, 0.25) is 0 Å². The molecule has 9 heteroatoms. The number of esters is 3. The van der Waals surface area contributed by atoms with Crippen LogP contribution < -0.4 is 14.2 Å². The van der Waals surface area contributed by atoms with Crippen LogP contribution in [0.2, 0.25) is 0 Å². The first kappa shape index (κ1) is 28.2. The maximum absolute atomic E-state index is 12.6. The molecular weight excluding hydrogens is 468 g/mol. The number of ether oxygens (including phenoxy) is 6. The van der Waals surface area contributed by atoms with Gasteiger partial charge in [0, 0.05) is 6.42 Å². The Balaban J connectivity index is 2.78. The molecule has 0 fully saturated rings. The van der Waals surface area contributed by atoms with Crippen LogP contribution in [0, 0.1) is 6.92 Å². The number of hydrogen-bond acceptors (Lipinski definition) is 9. The van der Waals surface area contributed by atoms with E-state index >= 15 is 0 Å². The minimum atomic E-state index is -0.599. The summed E-state index contributed by atoms with van der Waals surface area (Å²) in [5.41, 5.74) is 3.13. The Morgan fingerprint density at radius 3 is 1.78 bits per heavy atom. The number of carbonyl (C=O) groups is 3. The molecule has 0 saturated heterocycles. The zero-order valence-corrected chi connectivity index (χ0v) is 21.7. The number of aryl methyl sites for hydroxylation is 1. The third kappa shape index (κ3) is 6.35. The average molecular weight is 501 g/mol. The van der Waals surface area contributed by atoms with Crippen LogP contribution in [0.5, 0.6) is 17.2 Å². The fourth-order valence-electron chi connectivity index (χ4n) is 3.84. The third-order valence-corrected chi connectivity index (χ3v) is 5.55. The van der Waals surface area contributed by atoms with Crippen LogP contribution >= 0.6 is 0 Å². The van der Waals surface area contributed by atoms with Gasteiger partial charge < -0.3 is 28.4 Å². The van der Waals surface area contributed by atoms with E-state index in [1.807, 2.05) is 19.1 Å². The third-order valence-electron chi connectivity index (χ3n) is 5.55. The Morgan fingerprint density at radius 1 is 0.722 bits per heavy atom. The Hall–Kier alpha value is -4.01. The topological polar surface area (TPSA) is 107 Å². The number of methoxy groups -OCH3 is 6. The van der Waals surface area contributed by atoms with Crippen molar-refractivity contribution >= 4 is 23.5 Å². The molecule has 0 bridgehead atoms. The summed E-state index contributed by atoms with van der Waals surface area (Å²) in [6.07, 6.45) is 3.22. The average Bonchev–Trinajstić information content (AvgIpc) is 2.90. The lowest BCUT2D eigenvalue weighted by molar-refractivity contribution is -0.140. The summed E-state index contributed by atoms with van der Waals surface area (Å²) in [4.78, 5) is 36.7. The van der Waals surface area contributed by atoms with E-state index in [-0.39, 0.29) is 29.3 Å². The largest absolute Gasteiger partial charge is 0.496 e. The number of unbranched alkanes of at least 4 members (excludes halogenated alkanes) is 1. The Labute approximate surface area is 210 Å². The summed E-state index contributed by atoms with van der Waals surface area (Å²) < 4.78 is 31.0. The second-order valence-electron chi connectivity index (χ2n) is 7.70. The number of rotatable bonds is 11. The lowest BCUT2D eigenvalue weighted by Crippen LogP contribution is -2.08. The molecule has 0 aliphatic carbocycles. The molecule has 36 heavy (non-hydrogen) atoms. The van der Waals surface area contributed by atoms with Gasteiger partial charge in [0.05, 0.1) is 42.7 Å². The molecule has 0 amide bonds. The highest BCUT2D eigenvalue weighted by Gasteiger charge is 2.23. The first-order valence-electron chi connectivity index (χ1n) is 11.1. The molecule has 194 valence electrons. The van der Waals surface area contributed by atoms with Crippen molar-refractivity contribution in [3.05, 3.63) is 58.2 Å². The van der Waals surface area contributed by atoms with Gasteiger partial charge in [0.1, 0.15) is 16.9 Å². The Bertz CT molecular complexity index is 1150. The lowest BCUT2D eigenvalue weighted by Gasteiger charge is -2.18. The van der Waals surface area contributed by atoms with E-state index in [0.29, 0.717) is 46.6 Å². The van der Waals surface area contributed by atoms with Crippen LogP contribution in [0.15, 0.2) is 30.3 Å². The normalized spacial score (nSPS) is 10.9. The van der Waals surface area contributed by atoms with Gasteiger partial charge in [-0.2, -0.15) is 0 Å². The van der Waals surface area contributed by atoms with Gasteiger partial charge in [0.25, 0.3) is 0 Å². The summed E-state index contributed by atoms with van der Waals surface area (Å²) in [6.45, 7) is 1.82. The SMILES string of the molecule is COC(=O)CCC/C=C(\c1cc(C)c(OC)c(C(=O)OC)c1)c1cc(OC)c(OC)c(C(=O)OC)c1. The van der Waals surface area contributed by atoms with Crippen molar-refractivity contribution in [1.29, 1.82) is 0 Å². The zero-order chi connectivity index (χ0) is 26.8. The molecule has 0 radical (unpaired) electrons. The molecule has 2 aromatic carbocycles. The van der Waals surface area contributed by atoms with Crippen LogP contribution in [0.4, 0.5) is 0 Å². The number of allylic oxidation sites excluding steroid dienone is 1. The second kappa shape index (κ2) is 13.2. The van der Waals surface area contributed by atoms with E-state index in [1.54, 1.807) is 18.2 Å². The van der Waals surface area contributed by atoms with E-state index in [2.05, 4.69) is 0 Å². The molecule has 0 aliphatic heterocycles. The van der Waals surface area contributed by atoms with Crippen LogP contribution in [0.1, 0.15) is 56.7 Å². The van der Waals surface area contributed by atoms with Gasteiger partial charge in [-0.15, -0.1) is 0 Å². The highest BCUT2D eigenvalue weighted by Crippen LogP contribution is 2.39. The molecule has 9 nitrogen and oxygen atoms in total. The van der Waals surface area contributed by atoms with Gasteiger partial charge in [-0.25, -0.2) is 9.59 Å². The van der Waals surface area contributed by atoms with Gasteiger partial charge in [0.15, 0.2) is 11.5 Å². The highest BCUT2D eigenvalue weighted by atomic mass is 16.5. The molecular formula is C27H32O9. The minimum Gasteiger partial charge on any atom is -0.496 e. The maximum Gasteiger partial charge on any atom is 0.341 e. The van der Waals surface area contributed by atoms with Gasteiger partial charge in [-0.05, 0) is 66.3 Å². The van der Waals surface area contributed by atoms with E-state index in [1.165, 1.54) is 42.7 Å². The standard InChI is InChI=1S/C27H32O9/c1-16-12-17(13-20(24(16)33-4)26(29)35-6)19(10-8-9-11-23(28)32-3)18-14-21(27(30)36-7)25(34-5)22(15-18)31-2/h10,12-15H,8-9,11H2,1-7H3/b19-10+. The predicted octanol–water partition coefficient (Wildman–Crippen LogP) is 4.37. The molecule has 0 N–H and O–H groups in total. The molecule has 2 rings (SSSR count). The number of benzene rings is 2. The minimum absolute atomic E-state index is 0.174. The van der Waals surface area contributed by atoms with Crippen LogP contribution in [-0.4, -0.2) is 60.6 Å². The molecule has 0 atom stereocenters. The first-order valence-corrected chi connectivity index (χ1v) is 11.1. The molecule has 0 spiro atoms. The zero-order valence-electron chi connectivity index (χ0n) is 21.7. The lowest BCUT2D eigenvalue weighted by atomic mass is 9.91. The van der Waals surface area contributed by atoms with Crippen LogP contribution in [-0.2, 0) is 19.0 Å². The summed E-state index contributed by atoms with van der Waals surface area (Å²) in [7, 11) is 8.30. The van der Waals surface area contributed by atoms with Crippen molar-refractivity contribution in [3.63, 3.8) is 0 Å². The summed E-state index contributed by atoms with van der Waals surface area (Å²) >= 11 is 0. The quantitative estimate of drug-likeness (QED) is 0.253.